The number of rotatable bonds is 1. The van der Waals surface area contributed by atoms with Gasteiger partial charge in [-0.05, 0) is 30.3 Å². The van der Waals surface area contributed by atoms with Crippen molar-refractivity contribution in [2.24, 2.45) is 0 Å². The summed E-state index contributed by atoms with van der Waals surface area (Å²) in [6.45, 7) is 0. The first-order valence-electron chi connectivity index (χ1n) is 5.24. The van der Waals surface area contributed by atoms with Gasteiger partial charge in [-0.2, -0.15) is 0 Å². The van der Waals surface area contributed by atoms with Crippen LogP contribution in [0.2, 0.25) is 15.1 Å². The van der Waals surface area contributed by atoms with Crippen LogP contribution in [0.1, 0.15) is 0 Å². The average Bonchev–Trinajstić information content (AvgIpc) is 2.74. The lowest BCUT2D eigenvalue weighted by Gasteiger charge is -2.05. The quantitative estimate of drug-likeness (QED) is 0.620. The van der Waals surface area contributed by atoms with E-state index >= 15 is 0 Å². The van der Waals surface area contributed by atoms with E-state index in [1.165, 1.54) is 0 Å². The number of hydrogen-bond acceptors (Lipinski definition) is 1. The molecule has 0 atom stereocenters. The number of hydrogen-bond donors (Lipinski definition) is 0. The normalized spacial score (nSPS) is 11.1. The molecule has 5 heteroatoms. The predicted molar refractivity (Wildman–Crippen MR) is 75.7 cm³/mol. The summed E-state index contributed by atoms with van der Waals surface area (Å²) in [5.74, 6) is 0. The third-order valence-electron chi connectivity index (χ3n) is 2.70. The molecule has 0 saturated heterocycles. The molecule has 0 unspecified atom stereocenters. The van der Waals surface area contributed by atoms with E-state index in [1.807, 2.05) is 22.7 Å². The maximum Gasteiger partial charge on any atom is 0.156 e. The lowest BCUT2D eigenvalue weighted by atomic mass is 10.1. The standard InChI is InChI=1S/C13H7Cl3N2/c14-8-3-4-9(11(16)6-8)12-7-17-13-10(15)2-1-5-18(12)13/h1-7H. The summed E-state index contributed by atoms with van der Waals surface area (Å²) < 4.78 is 1.90. The molecule has 0 radical (unpaired) electrons. The minimum absolute atomic E-state index is 0.587. The Morgan fingerprint density at radius 3 is 2.61 bits per heavy atom. The van der Waals surface area contributed by atoms with Crippen molar-refractivity contribution in [3.8, 4) is 11.3 Å². The average molecular weight is 298 g/mol. The second kappa shape index (κ2) is 4.47. The van der Waals surface area contributed by atoms with Crippen LogP contribution in [-0.4, -0.2) is 9.38 Å². The summed E-state index contributed by atoms with van der Waals surface area (Å²) in [5, 5.41) is 1.80. The van der Waals surface area contributed by atoms with Gasteiger partial charge in [-0.3, -0.25) is 4.40 Å². The van der Waals surface area contributed by atoms with Gasteiger partial charge < -0.3 is 0 Å². The van der Waals surface area contributed by atoms with Gasteiger partial charge in [0.1, 0.15) is 0 Å². The van der Waals surface area contributed by atoms with E-state index in [9.17, 15) is 0 Å². The zero-order valence-corrected chi connectivity index (χ0v) is 11.3. The van der Waals surface area contributed by atoms with E-state index in [0.717, 1.165) is 11.3 Å². The van der Waals surface area contributed by atoms with Gasteiger partial charge in [0.2, 0.25) is 0 Å². The van der Waals surface area contributed by atoms with E-state index in [2.05, 4.69) is 4.98 Å². The Bertz CT molecular complexity index is 734. The summed E-state index contributed by atoms with van der Waals surface area (Å²) in [5.41, 5.74) is 2.46. The molecule has 0 amide bonds. The fraction of sp³-hybridized carbons (Fsp3) is 0. The molecule has 0 aliphatic heterocycles. The van der Waals surface area contributed by atoms with Crippen molar-refractivity contribution in [2.45, 2.75) is 0 Å². The molecule has 0 aliphatic carbocycles. The van der Waals surface area contributed by atoms with Crippen molar-refractivity contribution in [1.29, 1.82) is 0 Å². The molecule has 0 saturated carbocycles. The molecule has 3 rings (SSSR count). The minimum Gasteiger partial charge on any atom is -0.298 e. The van der Waals surface area contributed by atoms with Gasteiger partial charge in [0, 0.05) is 16.8 Å². The Morgan fingerprint density at radius 1 is 1.00 bits per heavy atom. The van der Waals surface area contributed by atoms with E-state index < -0.39 is 0 Å². The number of nitrogens with zero attached hydrogens (tertiary/aromatic N) is 2. The highest BCUT2D eigenvalue weighted by atomic mass is 35.5. The van der Waals surface area contributed by atoms with E-state index in [4.69, 9.17) is 34.8 Å². The third kappa shape index (κ3) is 1.87. The van der Waals surface area contributed by atoms with Crippen LogP contribution in [-0.2, 0) is 0 Å². The van der Waals surface area contributed by atoms with Gasteiger partial charge >= 0.3 is 0 Å². The summed E-state index contributed by atoms with van der Waals surface area (Å²) in [4.78, 5) is 4.30. The van der Waals surface area contributed by atoms with Gasteiger partial charge in [0.25, 0.3) is 0 Å². The molecule has 2 nitrogen and oxygen atoms in total. The first kappa shape index (κ1) is 11.8. The maximum absolute atomic E-state index is 6.20. The molecule has 2 heterocycles. The van der Waals surface area contributed by atoms with Crippen LogP contribution < -0.4 is 0 Å². The van der Waals surface area contributed by atoms with Crippen molar-refractivity contribution < 1.29 is 0 Å². The zero-order chi connectivity index (χ0) is 12.7. The molecule has 0 aliphatic rings. The first-order chi connectivity index (χ1) is 8.66. The smallest absolute Gasteiger partial charge is 0.156 e. The van der Waals surface area contributed by atoms with Gasteiger partial charge in [-0.25, -0.2) is 4.98 Å². The molecular formula is C13H7Cl3N2. The SMILES string of the molecule is Clc1ccc(-c2cnc3c(Cl)cccn23)c(Cl)c1. The van der Waals surface area contributed by atoms with Gasteiger partial charge in [-0.15, -0.1) is 0 Å². The monoisotopic (exact) mass is 296 g/mol. The van der Waals surface area contributed by atoms with Crippen molar-refractivity contribution in [3.05, 3.63) is 57.8 Å². The number of benzene rings is 1. The van der Waals surface area contributed by atoms with E-state index in [1.54, 1.807) is 24.4 Å². The maximum atomic E-state index is 6.20. The molecule has 18 heavy (non-hydrogen) atoms. The first-order valence-corrected chi connectivity index (χ1v) is 6.37. The number of fused-ring (bicyclic) bond motifs is 1. The van der Waals surface area contributed by atoms with Crippen LogP contribution in [0.4, 0.5) is 0 Å². The molecule has 0 spiro atoms. The lowest BCUT2D eigenvalue weighted by Crippen LogP contribution is -1.88. The Hall–Kier alpha value is -1.22. The van der Waals surface area contributed by atoms with Crippen LogP contribution in [0.25, 0.3) is 16.9 Å². The van der Waals surface area contributed by atoms with Crippen molar-refractivity contribution in [3.63, 3.8) is 0 Å². The third-order valence-corrected chi connectivity index (χ3v) is 3.54. The predicted octanol–water partition coefficient (Wildman–Crippen LogP) is 4.96. The van der Waals surface area contributed by atoms with Crippen molar-refractivity contribution in [1.82, 2.24) is 9.38 Å². The summed E-state index contributed by atoms with van der Waals surface area (Å²) in [7, 11) is 0. The van der Waals surface area contributed by atoms with Gasteiger partial charge in [0.05, 0.1) is 21.9 Å². The topological polar surface area (TPSA) is 17.3 Å². The fourth-order valence-corrected chi connectivity index (χ4v) is 2.59. The molecular weight excluding hydrogens is 291 g/mol. The summed E-state index contributed by atoms with van der Waals surface area (Å²) in [6.07, 6.45) is 3.64. The highest BCUT2D eigenvalue weighted by Gasteiger charge is 2.11. The molecule has 0 fully saturated rings. The number of aromatic nitrogens is 2. The highest BCUT2D eigenvalue weighted by molar-refractivity contribution is 6.36. The lowest BCUT2D eigenvalue weighted by molar-refractivity contribution is 1.19. The minimum atomic E-state index is 0.587. The molecule has 0 N–H and O–H groups in total. The largest absolute Gasteiger partial charge is 0.298 e. The summed E-state index contributed by atoms with van der Waals surface area (Å²) >= 11 is 18.2. The molecule has 1 aromatic carbocycles. The molecule has 0 bridgehead atoms. The van der Waals surface area contributed by atoms with Crippen molar-refractivity contribution in [2.75, 3.05) is 0 Å². The highest BCUT2D eigenvalue weighted by Crippen LogP contribution is 2.31. The Morgan fingerprint density at radius 2 is 1.83 bits per heavy atom. The van der Waals surface area contributed by atoms with Crippen molar-refractivity contribution >= 4 is 40.4 Å². The number of pyridine rings is 1. The van der Waals surface area contributed by atoms with E-state index in [0.29, 0.717) is 20.7 Å². The molecule has 2 aromatic heterocycles. The second-order valence-electron chi connectivity index (χ2n) is 3.82. The van der Waals surface area contributed by atoms with Crippen LogP contribution in [0.5, 0.6) is 0 Å². The summed E-state index contributed by atoms with van der Waals surface area (Å²) in [6, 6.07) is 9.05. The van der Waals surface area contributed by atoms with Crippen LogP contribution in [0.3, 0.4) is 0 Å². The number of imidazole rings is 1. The number of halogens is 3. The molecule has 3 aromatic rings. The van der Waals surface area contributed by atoms with Crippen LogP contribution in [0, 0.1) is 0 Å². The Labute approximate surface area is 119 Å². The van der Waals surface area contributed by atoms with E-state index in [-0.39, 0.29) is 0 Å². The molecule has 90 valence electrons. The Kier molecular flexibility index (Phi) is 2.94. The second-order valence-corrected chi connectivity index (χ2v) is 5.07. The van der Waals surface area contributed by atoms with Gasteiger partial charge in [0.15, 0.2) is 5.65 Å². The Balaban J connectivity index is 2.29. The van der Waals surface area contributed by atoms with Gasteiger partial charge in [-0.1, -0.05) is 34.8 Å². The zero-order valence-electron chi connectivity index (χ0n) is 9.07. The fourth-order valence-electron chi connectivity index (χ4n) is 1.87. The van der Waals surface area contributed by atoms with Crippen LogP contribution in [0.15, 0.2) is 42.7 Å². The van der Waals surface area contributed by atoms with Crippen LogP contribution >= 0.6 is 34.8 Å².